The lowest BCUT2D eigenvalue weighted by Gasteiger charge is -2.18. The van der Waals surface area contributed by atoms with Gasteiger partial charge in [-0.05, 0) is 41.4 Å². The molecule has 1 amide bonds. The van der Waals surface area contributed by atoms with Crippen molar-refractivity contribution in [3.63, 3.8) is 0 Å². The number of carbonyl (C=O) groups excluding carboxylic acids is 1. The number of rotatable bonds is 6. The Morgan fingerprint density at radius 2 is 2.29 bits per heavy atom. The molecule has 17 heavy (non-hydrogen) atoms. The number of nitrogens with zero attached hydrogens (tertiary/aromatic N) is 1. The molecule has 1 atom stereocenters. The molecule has 1 heterocycles. The third kappa shape index (κ3) is 4.91. The van der Waals surface area contributed by atoms with Crippen LogP contribution in [0.3, 0.4) is 0 Å². The molecule has 1 aromatic heterocycles. The number of hydrogen-bond donors (Lipinski definition) is 1. The standard InChI is InChI=1S/C12H19BrN2O2/c1-4-9(2)14-7-12(16)15(3)8-10-5-6-11(13)17-10/h5-6,9,14H,4,7-8H2,1-3H3. The SMILES string of the molecule is CCC(C)NCC(=O)N(C)Cc1ccc(Br)o1. The summed E-state index contributed by atoms with van der Waals surface area (Å²) in [6.07, 6.45) is 1.02. The van der Waals surface area contributed by atoms with Gasteiger partial charge in [-0.2, -0.15) is 0 Å². The van der Waals surface area contributed by atoms with E-state index < -0.39 is 0 Å². The minimum absolute atomic E-state index is 0.0674. The van der Waals surface area contributed by atoms with Crippen molar-refractivity contribution < 1.29 is 9.21 Å². The van der Waals surface area contributed by atoms with Gasteiger partial charge in [-0.3, -0.25) is 4.79 Å². The third-order valence-corrected chi connectivity index (χ3v) is 3.09. The van der Waals surface area contributed by atoms with Crippen LogP contribution in [0.5, 0.6) is 0 Å². The normalized spacial score (nSPS) is 12.5. The number of amides is 1. The molecule has 0 aromatic carbocycles. The average Bonchev–Trinajstić information content (AvgIpc) is 2.70. The molecular weight excluding hydrogens is 284 g/mol. The predicted molar refractivity (Wildman–Crippen MR) is 70.6 cm³/mol. The van der Waals surface area contributed by atoms with E-state index >= 15 is 0 Å². The number of likely N-dealkylation sites (N-methyl/N-ethyl adjacent to an activating group) is 1. The molecule has 0 aliphatic carbocycles. The summed E-state index contributed by atoms with van der Waals surface area (Å²) in [6, 6.07) is 4.05. The van der Waals surface area contributed by atoms with Crippen molar-refractivity contribution in [3.05, 3.63) is 22.6 Å². The van der Waals surface area contributed by atoms with Gasteiger partial charge in [0.2, 0.25) is 5.91 Å². The van der Waals surface area contributed by atoms with Crippen LogP contribution in [0.1, 0.15) is 26.0 Å². The van der Waals surface area contributed by atoms with Crippen LogP contribution in [0.15, 0.2) is 21.2 Å². The minimum atomic E-state index is 0.0674. The summed E-state index contributed by atoms with van der Waals surface area (Å²) in [5.41, 5.74) is 0. The summed E-state index contributed by atoms with van der Waals surface area (Å²) < 4.78 is 6.04. The van der Waals surface area contributed by atoms with E-state index in [0.29, 0.717) is 23.8 Å². The van der Waals surface area contributed by atoms with Gasteiger partial charge < -0.3 is 14.6 Å². The van der Waals surface area contributed by atoms with Gasteiger partial charge in [0, 0.05) is 13.1 Å². The highest BCUT2D eigenvalue weighted by Crippen LogP contribution is 2.15. The monoisotopic (exact) mass is 302 g/mol. The van der Waals surface area contributed by atoms with Gasteiger partial charge in [0.1, 0.15) is 5.76 Å². The van der Waals surface area contributed by atoms with Gasteiger partial charge in [-0.25, -0.2) is 0 Å². The first-order chi connectivity index (χ1) is 8.02. The molecule has 0 aliphatic rings. The zero-order valence-corrected chi connectivity index (χ0v) is 12.1. The van der Waals surface area contributed by atoms with E-state index in [2.05, 4.69) is 35.1 Å². The first-order valence-corrected chi connectivity index (χ1v) is 6.53. The Balaban J connectivity index is 2.36. The number of hydrogen-bond acceptors (Lipinski definition) is 3. The molecule has 5 heteroatoms. The Bertz CT molecular complexity index is 365. The molecule has 1 aromatic rings. The van der Waals surface area contributed by atoms with E-state index in [4.69, 9.17) is 4.42 Å². The van der Waals surface area contributed by atoms with Gasteiger partial charge >= 0.3 is 0 Å². The zero-order valence-electron chi connectivity index (χ0n) is 10.5. The number of carbonyl (C=O) groups is 1. The Hall–Kier alpha value is -0.810. The number of halogens is 1. The van der Waals surface area contributed by atoms with Crippen LogP contribution in [-0.2, 0) is 11.3 Å². The van der Waals surface area contributed by atoms with Crippen LogP contribution in [0.25, 0.3) is 0 Å². The quantitative estimate of drug-likeness (QED) is 0.877. The summed E-state index contributed by atoms with van der Waals surface area (Å²) in [7, 11) is 1.77. The fraction of sp³-hybridized carbons (Fsp3) is 0.583. The van der Waals surface area contributed by atoms with Crippen molar-refractivity contribution in [1.29, 1.82) is 0 Å². The molecule has 96 valence electrons. The smallest absolute Gasteiger partial charge is 0.236 e. The predicted octanol–water partition coefficient (Wildman–Crippen LogP) is 2.39. The second kappa shape index (κ2) is 6.81. The second-order valence-corrected chi connectivity index (χ2v) is 4.93. The Kier molecular flexibility index (Phi) is 5.71. The Morgan fingerprint density at radius 3 is 2.82 bits per heavy atom. The lowest BCUT2D eigenvalue weighted by Crippen LogP contribution is -2.38. The summed E-state index contributed by atoms with van der Waals surface area (Å²) in [5.74, 6) is 0.842. The van der Waals surface area contributed by atoms with Crippen molar-refractivity contribution >= 4 is 21.8 Å². The maximum atomic E-state index is 11.8. The first-order valence-electron chi connectivity index (χ1n) is 5.74. The topological polar surface area (TPSA) is 45.5 Å². The molecule has 0 saturated heterocycles. The Labute approximate surface area is 110 Å². The van der Waals surface area contributed by atoms with Crippen LogP contribution < -0.4 is 5.32 Å². The Morgan fingerprint density at radius 1 is 1.59 bits per heavy atom. The number of furan rings is 1. The molecule has 0 bridgehead atoms. The van der Waals surface area contributed by atoms with Gasteiger partial charge in [-0.1, -0.05) is 6.92 Å². The zero-order chi connectivity index (χ0) is 12.8. The van der Waals surface area contributed by atoms with Gasteiger partial charge in [-0.15, -0.1) is 0 Å². The molecular formula is C12H19BrN2O2. The average molecular weight is 303 g/mol. The van der Waals surface area contributed by atoms with E-state index in [9.17, 15) is 4.79 Å². The minimum Gasteiger partial charge on any atom is -0.452 e. The van der Waals surface area contributed by atoms with Crippen molar-refractivity contribution in [1.82, 2.24) is 10.2 Å². The van der Waals surface area contributed by atoms with E-state index in [-0.39, 0.29) is 5.91 Å². The van der Waals surface area contributed by atoms with Gasteiger partial charge in [0.25, 0.3) is 0 Å². The molecule has 0 spiro atoms. The van der Waals surface area contributed by atoms with E-state index in [0.717, 1.165) is 12.2 Å². The van der Waals surface area contributed by atoms with Crippen LogP contribution >= 0.6 is 15.9 Å². The van der Waals surface area contributed by atoms with Crippen LogP contribution in [0, 0.1) is 0 Å². The molecule has 0 radical (unpaired) electrons. The van der Waals surface area contributed by atoms with Crippen LogP contribution in [-0.4, -0.2) is 30.4 Å². The van der Waals surface area contributed by atoms with Gasteiger partial charge in [0.05, 0.1) is 13.1 Å². The highest BCUT2D eigenvalue weighted by atomic mass is 79.9. The molecule has 1 rings (SSSR count). The van der Waals surface area contributed by atoms with Crippen molar-refractivity contribution in [2.45, 2.75) is 32.9 Å². The van der Waals surface area contributed by atoms with E-state index in [1.54, 1.807) is 11.9 Å². The number of nitrogens with one attached hydrogen (secondary N) is 1. The van der Waals surface area contributed by atoms with E-state index in [1.165, 1.54) is 0 Å². The second-order valence-electron chi connectivity index (χ2n) is 4.15. The van der Waals surface area contributed by atoms with Crippen molar-refractivity contribution in [2.24, 2.45) is 0 Å². The maximum absolute atomic E-state index is 11.8. The highest BCUT2D eigenvalue weighted by Gasteiger charge is 2.11. The van der Waals surface area contributed by atoms with Crippen molar-refractivity contribution in [3.8, 4) is 0 Å². The van der Waals surface area contributed by atoms with Crippen LogP contribution in [0.4, 0.5) is 0 Å². The first kappa shape index (κ1) is 14.3. The maximum Gasteiger partial charge on any atom is 0.236 e. The largest absolute Gasteiger partial charge is 0.452 e. The molecule has 0 fully saturated rings. The third-order valence-electron chi connectivity index (χ3n) is 2.66. The molecule has 0 aliphatic heterocycles. The molecule has 1 unspecified atom stereocenters. The summed E-state index contributed by atoms with van der Waals surface area (Å²) in [6.45, 7) is 5.02. The van der Waals surface area contributed by atoms with Crippen molar-refractivity contribution in [2.75, 3.05) is 13.6 Å². The lowest BCUT2D eigenvalue weighted by molar-refractivity contribution is -0.129. The fourth-order valence-corrected chi connectivity index (χ4v) is 1.64. The lowest BCUT2D eigenvalue weighted by atomic mass is 10.2. The highest BCUT2D eigenvalue weighted by molar-refractivity contribution is 9.10. The molecule has 1 N–H and O–H groups in total. The van der Waals surface area contributed by atoms with E-state index in [1.807, 2.05) is 12.1 Å². The van der Waals surface area contributed by atoms with Gasteiger partial charge in [0.15, 0.2) is 4.67 Å². The molecule has 4 nitrogen and oxygen atoms in total. The fourth-order valence-electron chi connectivity index (χ4n) is 1.30. The summed E-state index contributed by atoms with van der Waals surface area (Å²) >= 11 is 3.24. The summed E-state index contributed by atoms with van der Waals surface area (Å²) in [4.78, 5) is 13.4. The van der Waals surface area contributed by atoms with Crippen LogP contribution in [0.2, 0.25) is 0 Å². The molecule has 0 saturated carbocycles. The summed E-state index contributed by atoms with van der Waals surface area (Å²) in [5, 5.41) is 3.17.